The van der Waals surface area contributed by atoms with Crippen molar-refractivity contribution in [2.75, 3.05) is 6.61 Å². The fraction of sp³-hybridized carbons (Fsp3) is 0.312. The van der Waals surface area contributed by atoms with Crippen LogP contribution >= 0.6 is 12.2 Å². The Kier molecular flexibility index (Phi) is 6.18. The molecule has 0 unspecified atom stereocenters. The summed E-state index contributed by atoms with van der Waals surface area (Å²) < 4.78 is 7.26. The number of rotatable bonds is 6. The Morgan fingerprint density at radius 3 is 2.60 bits per heavy atom. The van der Waals surface area contributed by atoms with Crippen LogP contribution in [-0.4, -0.2) is 32.4 Å². The molecule has 0 saturated carbocycles. The van der Waals surface area contributed by atoms with Crippen LogP contribution in [0.5, 0.6) is 0 Å². The standard InChI is InChI=1S/C16H19N5O3S/c1-4-21-14(19-20-16(21)25)11-6-8-12(9-7-11)17-18-13(10(3)22)15(23)24-5-2/h6-9,22H,4-5H2,1-3H3,(H,20,25)/b13-10+,18-17?. The lowest BCUT2D eigenvalue weighted by molar-refractivity contribution is -0.138. The number of carbonyl (C=O) groups is 1. The van der Waals surface area contributed by atoms with Crippen LogP contribution in [0.4, 0.5) is 5.69 Å². The maximum atomic E-state index is 11.7. The molecule has 0 amide bonds. The van der Waals surface area contributed by atoms with Gasteiger partial charge in [-0.1, -0.05) is 0 Å². The number of aromatic amines is 1. The summed E-state index contributed by atoms with van der Waals surface area (Å²) in [5.74, 6) is -0.243. The van der Waals surface area contributed by atoms with Crippen LogP contribution in [-0.2, 0) is 16.1 Å². The molecule has 9 heteroatoms. The average Bonchev–Trinajstić information content (AvgIpc) is 2.96. The topological polar surface area (TPSA) is 105 Å². The Labute approximate surface area is 149 Å². The highest BCUT2D eigenvalue weighted by molar-refractivity contribution is 7.71. The van der Waals surface area contributed by atoms with Crippen molar-refractivity contribution in [1.29, 1.82) is 0 Å². The van der Waals surface area contributed by atoms with E-state index in [1.807, 2.05) is 23.6 Å². The molecule has 132 valence electrons. The normalized spacial score (nSPS) is 12.3. The highest BCUT2D eigenvalue weighted by Crippen LogP contribution is 2.22. The molecule has 0 aliphatic heterocycles. The molecule has 0 bridgehead atoms. The molecule has 1 heterocycles. The number of H-pyrrole nitrogens is 1. The molecule has 0 spiro atoms. The second-order valence-corrected chi connectivity index (χ2v) is 5.38. The molecule has 2 rings (SSSR count). The quantitative estimate of drug-likeness (QED) is 0.265. The minimum Gasteiger partial charge on any atom is -0.510 e. The zero-order chi connectivity index (χ0) is 18.4. The van der Waals surface area contributed by atoms with E-state index in [2.05, 4.69) is 20.4 Å². The number of allylic oxidation sites excluding steroid dienone is 1. The second-order valence-electron chi connectivity index (χ2n) is 5.00. The highest BCUT2D eigenvalue weighted by Gasteiger charge is 2.14. The Hall–Kier alpha value is -2.81. The fourth-order valence-corrected chi connectivity index (χ4v) is 2.34. The van der Waals surface area contributed by atoms with Gasteiger partial charge in [-0.25, -0.2) is 4.79 Å². The maximum Gasteiger partial charge on any atom is 0.362 e. The number of esters is 1. The first-order valence-corrected chi connectivity index (χ1v) is 8.13. The number of hydrogen-bond donors (Lipinski definition) is 2. The van der Waals surface area contributed by atoms with E-state index in [1.165, 1.54) is 6.92 Å². The van der Waals surface area contributed by atoms with E-state index in [0.29, 0.717) is 17.0 Å². The molecular formula is C16H19N5O3S. The number of carbonyl (C=O) groups excluding carboxylic acids is 1. The summed E-state index contributed by atoms with van der Waals surface area (Å²) in [7, 11) is 0. The smallest absolute Gasteiger partial charge is 0.362 e. The molecule has 2 N–H and O–H groups in total. The molecule has 8 nitrogen and oxygen atoms in total. The third kappa shape index (κ3) is 4.38. The van der Waals surface area contributed by atoms with Crippen molar-refractivity contribution in [3.8, 4) is 11.4 Å². The van der Waals surface area contributed by atoms with Crippen LogP contribution < -0.4 is 0 Å². The number of aliphatic hydroxyl groups excluding tert-OH is 1. The van der Waals surface area contributed by atoms with Crippen LogP contribution in [0.1, 0.15) is 20.8 Å². The van der Waals surface area contributed by atoms with Gasteiger partial charge in [0, 0.05) is 12.1 Å². The number of aliphatic hydroxyl groups is 1. The largest absolute Gasteiger partial charge is 0.510 e. The van der Waals surface area contributed by atoms with Crippen LogP contribution in [0, 0.1) is 4.77 Å². The van der Waals surface area contributed by atoms with Crippen molar-refractivity contribution in [3.63, 3.8) is 0 Å². The Morgan fingerprint density at radius 1 is 1.36 bits per heavy atom. The van der Waals surface area contributed by atoms with Gasteiger partial charge in [-0.2, -0.15) is 10.2 Å². The average molecular weight is 361 g/mol. The van der Waals surface area contributed by atoms with Gasteiger partial charge in [0.2, 0.25) is 5.70 Å². The van der Waals surface area contributed by atoms with Gasteiger partial charge in [0.15, 0.2) is 10.6 Å². The predicted molar refractivity (Wildman–Crippen MR) is 95.0 cm³/mol. The lowest BCUT2D eigenvalue weighted by atomic mass is 10.2. The zero-order valence-electron chi connectivity index (χ0n) is 14.2. The van der Waals surface area contributed by atoms with Gasteiger partial charge in [0.25, 0.3) is 0 Å². The van der Waals surface area contributed by atoms with Gasteiger partial charge in [-0.05, 0) is 57.3 Å². The summed E-state index contributed by atoms with van der Waals surface area (Å²) >= 11 is 5.18. The van der Waals surface area contributed by atoms with Gasteiger partial charge in [-0.3, -0.25) is 5.10 Å². The Balaban J connectivity index is 2.24. The maximum absolute atomic E-state index is 11.7. The lowest BCUT2D eigenvalue weighted by Gasteiger charge is -2.04. The SMILES string of the molecule is CCOC(=O)/C(N=Nc1ccc(-c2n[nH]c(=S)n2CC)cc1)=C(/C)O. The Morgan fingerprint density at radius 2 is 2.04 bits per heavy atom. The van der Waals surface area contributed by atoms with Crippen LogP contribution in [0.3, 0.4) is 0 Å². The van der Waals surface area contributed by atoms with Gasteiger partial charge >= 0.3 is 5.97 Å². The summed E-state index contributed by atoms with van der Waals surface area (Å²) in [6, 6.07) is 7.11. The van der Waals surface area contributed by atoms with Crippen LogP contribution in [0.25, 0.3) is 11.4 Å². The molecular weight excluding hydrogens is 342 g/mol. The first-order valence-electron chi connectivity index (χ1n) is 7.72. The number of azo groups is 1. The Bertz CT molecular complexity index is 861. The van der Waals surface area contributed by atoms with Crippen LogP contribution in [0.15, 0.2) is 46.0 Å². The van der Waals surface area contributed by atoms with E-state index in [-0.39, 0.29) is 18.1 Å². The van der Waals surface area contributed by atoms with E-state index >= 15 is 0 Å². The van der Waals surface area contributed by atoms with E-state index < -0.39 is 5.97 Å². The molecule has 0 aliphatic carbocycles. The minimum atomic E-state index is -0.721. The molecule has 1 aromatic carbocycles. The third-order valence-corrected chi connectivity index (χ3v) is 3.59. The molecule has 0 radical (unpaired) electrons. The molecule has 0 atom stereocenters. The summed E-state index contributed by atoms with van der Waals surface area (Å²) in [4.78, 5) is 11.7. The third-order valence-electron chi connectivity index (χ3n) is 3.28. The van der Waals surface area contributed by atoms with E-state index in [0.717, 1.165) is 11.4 Å². The zero-order valence-corrected chi connectivity index (χ0v) is 15.0. The van der Waals surface area contributed by atoms with E-state index in [4.69, 9.17) is 17.0 Å². The fourth-order valence-electron chi connectivity index (χ4n) is 2.08. The molecule has 0 fully saturated rings. The summed E-state index contributed by atoms with van der Waals surface area (Å²) in [5.41, 5.74) is 1.16. The van der Waals surface area contributed by atoms with Gasteiger partial charge < -0.3 is 14.4 Å². The number of ether oxygens (including phenoxy) is 1. The van der Waals surface area contributed by atoms with Crippen molar-refractivity contribution in [3.05, 3.63) is 40.5 Å². The molecule has 25 heavy (non-hydrogen) atoms. The van der Waals surface area contributed by atoms with Gasteiger partial charge in [0.05, 0.1) is 12.3 Å². The number of nitrogens with zero attached hydrogens (tertiary/aromatic N) is 4. The molecule has 0 saturated heterocycles. The monoisotopic (exact) mass is 361 g/mol. The first kappa shape index (κ1) is 18.5. The van der Waals surface area contributed by atoms with E-state index in [1.54, 1.807) is 19.1 Å². The van der Waals surface area contributed by atoms with Crippen molar-refractivity contribution in [1.82, 2.24) is 14.8 Å². The number of nitrogens with one attached hydrogen (secondary N) is 1. The van der Waals surface area contributed by atoms with Crippen molar-refractivity contribution < 1.29 is 14.6 Å². The predicted octanol–water partition coefficient (Wildman–Crippen LogP) is 4.06. The highest BCUT2D eigenvalue weighted by atomic mass is 32.1. The number of hydrogen-bond acceptors (Lipinski definition) is 7. The minimum absolute atomic E-state index is 0.186. The van der Waals surface area contributed by atoms with E-state index in [9.17, 15) is 9.90 Å². The van der Waals surface area contributed by atoms with Crippen LogP contribution in [0.2, 0.25) is 0 Å². The van der Waals surface area contributed by atoms with Gasteiger partial charge in [0.1, 0.15) is 5.76 Å². The first-order chi connectivity index (χ1) is 12.0. The lowest BCUT2D eigenvalue weighted by Crippen LogP contribution is -2.07. The summed E-state index contributed by atoms with van der Waals surface area (Å²) in [6.07, 6.45) is 0. The van der Waals surface area contributed by atoms with Crippen molar-refractivity contribution in [2.45, 2.75) is 27.3 Å². The second kappa shape index (κ2) is 8.34. The van der Waals surface area contributed by atoms with Crippen molar-refractivity contribution >= 4 is 23.9 Å². The van der Waals surface area contributed by atoms with Gasteiger partial charge in [-0.15, -0.1) is 5.11 Å². The number of aromatic nitrogens is 3. The van der Waals surface area contributed by atoms with Crippen molar-refractivity contribution in [2.24, 2.45) is 10.2 Å². The summed E-state index contributed by atoms with van der Waals surface area (Å²) in [5, 5.41) is 24.3. The molecule has 2 aromatic rings. The summed E-state index contributed by atoms with van der Waals surface area (Å²) in [6.45, 7) is 5.89. The molecule has 0 aliphatic rings. The molecule has 1 aromatic heterocycles. The number of benzene rings is 1.